The van der Waals surface area contributed by atoms with Crippen LogP contribution in [0.2, 0.25) is 0 Å². The Labute approximate surface area is 126 Å². The first kappa shape index (κ1) is 12.8. The van der Waals surface area contributed by atoms with E-state index in [0.29, 0.717) is 11.3 Å². The second-order valence-corrected chi connectivity index (χ2v) is 5.60. The lowest BCUT2D eigenvalue weighted by molar-refractivity contribution is -0.127. The Morgan fingerprint density at radius 2 is 1.86 bits per heavy atom. The Morgan fingerprint density at radius 1 is 1.05 bits per heavy atom. The summed E-state index contributed by atoms with van der Waals surface area (Å²) >= 11 is 0. The molecule has 6 nitrogen and oxygen atoms in total. The zero-order valence-corrected chi connectivity index (χ0v) is 12.1. The van der Waals surface area contributed by atoms with Crippen LogP contribution in [0.1, 0.15) is 24.2 Å². The van der Waals surface area contributed by atoms with Gasteiger partial charge in [-0.15, -0.1) is 0 Å². The molecule has 0 radical (unpaired) electrons. The summed E-state index contributed by atoms with van der Waals surface area (Å²) in [5.41, 5.74) is 3.56. The highest BCUT2D eigenvalue weighted by Crippen LogP contribution is 2.38. The summed E-state index contributed by atoms with van der Waals surface area (Å²) in [6.07, 6.45) is 0. The number of esters is 1. The van der Waals surface area contributed by atoms with Crippen LogP contribution in [0.25, 0.3) is 22.2 Å². The predicted octanol–water partition coefficient (Wildman–Crippen LogP) is 2.91. The zero-order chi connectivity index (χ0) is 15.3. The number of nitrogens with one attached hydrogen (secondary N) is 1. The highest BCUT2D eigenvalue weighted by Gasteiger charge is 2.35. The van der Waals surface area contributed by atoms with Crippen molar-refractivity contribution in [2.24, 2.45) is 0 Å². The van der Waals surface area contributed by atoms with Gasteiger partial charge in [0.2, 0.25) is 5.79 Å². The van der Waals surface area contributed by atoms with E-state index < -0.39 is 5.79 Å². The van der Waals surface area contributed by atoms with E-state index in [1.54, 1.807) is 19.9 Å². The number of ether oxygens (including phenoxy) is 2. The molecule has 1 aromatic heterocycles. The maximum absolute atomic E-state index is 12.4. The first-order chi connectivity index (χ1) is 10.5. The number of fused-ring (bicyclic) bond motifs is 2. The van der Waals surface area contributed by atoms with Crippen molar-refractivity contribution < 1.29 is 14.3 Å². The molecule has 0 fully saturated rings. The highest BCUT2D eigenvalue weighted by molar-refractivity contribution is 6.01. The standard InChI is InChI=1S/C16H13N3O3/c1-16(2)21-13-5-3-4-10(14(13)15(20)22-16)9-6-7-11-12(8-9)18-19-17-11/h3-8H,1-2H3,(H,17,18,19). The number of benzene rings is 2. The third-order valence-corrected chi connectivity index (χ3v) is 3.55. The molecule has 2 aromatic carbocycles. The molecule has 22 heavy (non-hydrogen) atoms. The normalized spacial score (nSPS) is 16.0. The van der Waals surface area contributed by atoms with Gasteiger partial charge in [0.25, 0.3) is 0 Å². The molecule has 0 saturated heterocycles. The average molecular weight is 295 g/mol. The number of cyclic esters (lactones) is 1. The van der Waals surface area contributed by atoms with Gasteiger partial charge in [0.05, 0.1) is 0 Å². The third-order valence-electron chi connectivity index (χ3n) is 3.55. The van der Waals surface area contributed by atoms with Gasteiger partial charge in [0.1, 0.15) is 22.3 Å². The molecule has 4 rings (SSSR count). The minimum absolute atomic E-state index is 0.387. The number of hydrogen-bond acceptors (Lipinski definition) is 5. The van der Waals surface area contributed by atoms with Gasteiger partial charge in [-0.05, 0) is 23.8 Å². The van der Waals surface area contributed by atoms with Crippen LogP contribution in [0.5, 0.6) is 5.75 Å². The van der Waals surface area contributed by atoms with Gasteiger partial charge in [0.15, 0.2) is 0 Å². The first-order valence-corrected chi connectivity index (χ1v) is 6.90. The molecular formula is C16H13N3O3. The second kappa shape index (κ2) is 4.30. The summed E-state index contributed by atoms with van der Waals surface area (Å²) in [7, 11) is 0. The lowest BCUT2D eigenvalue weighted by atomic mass is 9.97. The van der Waals surface area contributed by atoms with Crippen LogP contribution < -0.4 is 4.74 Å². The molecule has 1 aliphatic rings. The third kappa shape index (κ3) is 1.92. The van der Waals surface area contributed by atoms with Crippen molar-refractivity contribution in [2.45, 2.75) is 19.6 Å². The summed E-state index contributed by atoms with van der Waals surface area (Å²) in [6.45, 7) is 3.42. The minimum Gasteiger partial charge on any atom is -0.452 e. The fourth-order valence-electron chi connectivity index (χ4n) is 2.63. The smallest absolute Gasteiger partial charge is 0.345 e. The van der Waals surface area contributed by atoms with E-state index in [1.165, 1.54) is 0 Å². The molecule has 0 atom stereocenters. The SMILES string of the molecule is CC1(C)OC(=O)c2c(cccc2-c2ccc3n[nH]nc3c2)O1. The van der Waals surface area contributed by atoms with E-state index in [9.17, 15) is 4.79 Å². The van der Waals surface area contributed by atoms with Crippen molar-refractivity contribution >= 4 is 17.0 Å². The minimum atomic E-state index is -0.960. The number of hydrogen-bond donors (Lipinski definition) is 1. The van der Waals surface area contributed by atoms with Gasteiger partial charge >= 0.3 is 5.97 Å². The lowest BCUT2D eigenvalue weighted by Crippen LogP contribution is -2.39. The predicted molar refractivity (Wildman–Crippen MR) is 79.4 cm³/mol. The number of aromatic amines is 1. The number of aromatic nitrogens is 3. The van der Waals surface area contributed by atoms with Gasteiger partial charge in [-0.1, -0.05) is 18.2 Å². The van der Waals surface area contributed by atoms with Crippen molar-refractivity contribution in [2.75, 3.05) is 0 Å². The highest BCUT2D eigenvalue weighted by atomic mass is 16.7. The molecule has 0 amide bonds. The van der Waals surface area contributed by atoms with Gasteiger partial charge < -0.3 is 9.47 Å². The molecule has 0 saturated carbocycles. The van der Waals surface area contributed by atoms with Crippen molar-refractivity contribution in [3.63, 3.8) is 0 Å². The monoisotopic (exact) mass is 295 g/mol. The Hall–Kier alpha value is -2.89. The summed E-state index contributed by atoms with van der Waals surface area (Å²) < 4.78 is 11.1. The maximum atomic E-state index is 12.4. The molecule has 0 spiro atoms. The summed E-state index contributed by atoms with van der Waals surface area (Å²) in [6, 6.07) is 11.1. The molecule has 6 heteroatoms. The van der Waals surface area contributed by atoms with Gasteiger partial charge in [0, 0.05) is 19.4 Å². The summed E-state index contributed by atoms with van der Waals surface area (Å²) in [5, 5.41) is 10.7. The molecule has 1 aliphatic heterocycles. The number of nitrogens with zero attached hydrogens (tertiary/aromatic N) is 2. The number of carbonyl (C=O) groups excluding carboxylic acids is 1. The largest absolute Gasteiger partial charge is 0.452 e. The van der Waals surface area contributed by atoms with E-state index in [1.807, 2.05) is 30.3 Å². The van der Waals surface area contributed by atoms with E-state index in [0.717, 1.165) is 22.2 Å². The van der Waals surface area contributed by atoms with Gasteiger partial charge in [-0.2, -0.15) is 15.4 Å². The fraction of sp³-hybridized carbons (Fsp3) is 0.188. The second-order valence-electron chi connectivity index (χ2n) is 5.60. The molecule has 0 bridgehead atoms. The number of H-pyrrole nitrogens is 1. The van der Waals surface area contributed by atoms with Crippen LogP contribution >= 0.6 is 0 Å². The Bertz CT molecular complexity index is 899. The molecule has 110 valence electrons. The summed E-state index contributed by atoms with van der Waals surface area (Å²) in [4.78, 5) is 12.4. The Morgan fingerprint density at radius 3 is 2.73 bits per heavy atom. The van der Waals surface area contributed by atoms with Crippen molar-refractivity contribution in [3.05, 3.63) is 42.0 Å². The number of carbonyl (C=O) groups is 1. The molecule has 2 heterocycles. The molecule has 0 unspecified atom stereocenters. The quantitative estimate of drug-likeness (QED) is 0.698. The Balaban J connectivity index is 1.91. The van der Waals surface area contributed by atoms with Crippen LogP contribution in [0.3, 0.4) is 0 Å². The van der Waals surface area contributed by atoms with E-state index in [-0.39, 0.29) is 5.97 Å². The molecule has 0 aliphatic carbocycles. The van der Waals surface area contributed by atoms with Crippen LogP contribution in [0.15, 0.2) is 36.4 Å². The van der Waals surface area contributed by atoms with Gasteiger partial charge in [-0.25, -0.2) is 4.79 Å². The van der Waals surface area contributed by atoms with Crippen LogP contribution in [0.4, 0.5) is 0 Å². The van der Waals surface area contributed by atoms with E-state index in [4.69, 9.17) is 9.47 Å². The molecule has 1 N–H and O–H groups in total. The van der Waals surface area contributed by atoms with Crippen molar-refractivity contribution in [3.8, 4) is 16.9 Å². The molecular weight excluding hydrogens is 282 g/mol. The topological polar surface area (TPSA) is 77.1 Å². The molecule has 3 aromatic rings. The van der Waals surface area contributed by atoms with Crippen LogP contribution in [-0.4, -0.2) is 27.2 Å². The van der Waals surface area contributed by atoms with Crippen LogP contribution in [-0.2, 0) is 4.74 Å². The van der Waals surface area contributed by atoms with E-state index >= 15 is 0 Å². The maximum Gasteiger partial charge on any atom is 0.345 e. The lowest BCUT2D eigenvalue weighted by Gasteiger charge is -2.32. The zero-order valence-electron chi connectivity index (χ0n) is 12.1. The van der Waals surface area contributed by atoms with E-state index in [2.05, 4.69) is 15.4 Å². The number of rotatable bonds is 1. The van der Waals surface area contributed by atoms with Crippen LogP contribution in [0, 0.1) is 0 Å². The van der Waals surface area contributed by atoms with Gasteiger partial charge in [-0.3, -0.25) is 0 Å². The van der Waals surface area contributed by atoms with Crippen molar-refractivity contribution in [1.82, 2.24) is 15.4 Å². The average Bonchev–Trinajstić information content (AvgIpc) is 2.92. The first-order valence-electron chi connectivity index (χ1n) is 6.90. The summed E-state index contributed by atoms with van der Waals surface area (Å²) in [5.74, 6) is -0.820. The fourth-order valence-corrected chi connectivity index (χ4v) is 2.63. The van der Waals surface area contributed by atoms with Crippen molar-refractivity contribution in [1.29, 1.82) is 0 Å². The Kier molecular flexibility index (Phi) is 2.51.